The first-order valence-electron chi connectivity index (χ1n) is 5.19. The lowest BCUT2D eigenvalue weighted by Gasteiger charge is -2.10. The number of benzene rings is 1. The van der Waals surface area contributed by atoms with E-state index in [1.54, 1.807) is 18.2 Å². The van der Waals surface area contributed by atoms with Crippen LogP contribution in [0, 0.1) is 0 Å². The van der Waals surface area contributed by atoms with Crippen molar-refractivity contribution in [3.8, 4) is 0 Å². The third-order valence-corrected chi connectivity index (χ3v) is 2.25. The van der Waals surface area contributed by atoms with E-state index in [4.69, 9.17) is 10.0 Å². The summed E-state index contributed by atoms with van der Waals surface area (Å²) >= 11 is 0. The molecule has 0 aliphatic rings. The number of hydrogen-bond donors (Lipinski definition) is 4. The molecule has 0 aromatic heterocycles. The summed E-state index contributed by atoms with van der Waals surface area (Å²) in [4.78, 5) is 0. The van der Waals surface area contributed by atoms with Gasteiger partial charge in [-0.15, -0.1) is 0 Å². The molecule has 4 nitrogen and oxygen atoms in total. The van der Waals surface area contributed by atoms with Crippen molar-refractivity contribution in [2.45, 2.75) is 0 Å². The molecule has 0 aliphatic heterocycles. The molecule has 5 heteroatoms. The average molecular weight is 220 g/mol. The summed E-state index contributed by atoms with van der Waals surface area (Å²) in [5.74, 6) is 0. The summed E-state index contributed by atoms with van der Waals surface area (Å²) in [6.45, 7) is 5.52. The zero-order valence-corrected chi connectivity index (χ0v) is 9.40. The molecular formula is C11H17BN2O2. The normalized spacial score (nSPS) is 9.94. The molecule has 0 amide bonds. The molecule has 0 aliphatic carbocycles. The van der Waals surface area contributed by atoms with Crippen LogP contribution in [0.4, 0.5) is 0 Å². The molecule has 16 heavy (non-hydrogen) atoms. The first-order valence-corrected chi connectivity index (χ1v) is 5.19. The smallest absolute Gasteiger partial charge is 0.423 e. The summed E-state index contributed by atoms with van der Waals surface area (Å²) in [6.07, 6.45) is 0. The number of likely N-dealkylation sites (N-methyl/N-ethyl adjacent to an activating group) is 1. The highest BCUT2D eigenvalue weighted by atomic mass is 16.4. The highest BCUT2D eigenvalue weighted by Crippen LogP contribution is 2.06. The number of rotatable bonds is 6. The van der Waals surface area contributed by atoms with Crippen molar-refractivity contribution >= 4 is 18.3 Å². The maximum atomic E-state index is 9.04. The molecule has 0 unspecified atom stereocenters. The number of hydrogen-bond acceptors (Lipinski definition) is 4. The summed E-state index contributed by atoms with van der Waals surface area (Å²) in [5, 5.41) is 24.2. The van der Waals surface area contributed by atoms with Crippen LogP contribution >= 0.6 is 0 Å². The predicted octanol–water partition coefficient (Wildman–Crippen LogP) is -0.854. The molecule has 0 fully saturated rings. The molecule has 0 atom stereocenters. The fourth-order valence-corrected chi connectivity index (χ4v) is 1.33. The quantitative estimate of drug-likeness (QED) is 0.372. The van der Waals surface area contributed by atoms with Gasteiger partial charge in [-0.25, -0.2) is 0 Å². The Morgan fingerprint density at radius 2 is 2.12 bits per heavy atom. The molecule has 1 aromatic rings. The zero-order valence-electron chi connectivity index (χ0n) is 9.40. The van der Waals surface area contributed by atoms with Crippen molar-refractivity contribution in [1.82, 2.24) is 10.6 Å². The van der Waals surface area contributed by atoms with E-state index in [0.717, 1.165) is 24.4 Å². The largest absolute Gasteiger partial charge is 0.488 e. The maximum Gasteiger partial charge on any atom is 0.488 e. The van der Waals surface area contributed by atoms with Gasteiger partial charge in [-0.05, 0) is 18.1 Å². The van der Waals surface area contributed by atoms with Gasteiger partial charge in [0, 0.05) is 18.8 Å². The fourth-order valence-electron chi connectivity index (χ4n) is 1.33. The van der Waals surface area contributed by atoms with E-state index in [9.17, 15) is 0 Å². The Balaban J connectivity index is 2.64. The maximum absolute atomic E-state index is 9.04. The Hall–Kier alpha value is -1.30. The van der Waals surface area contributed by atoms with Gasteiger partial charge < -0.3 is 20.7 Å². The van der Waals surface area contributed by atoms with Crippen LogP contribution in [0.2, 0.25) is 0 Å². The Bertz CT molecular complexity index is 356. The van der Waals surface area contributed by atoms with E-state index in [-0.39, 0.29) is 0 Å². The number of nitrogens with one attached hydrogen (secondary N) is 2. The molecule has 1 aromatic carbocycles. The van der Waals surface area contributed by atoms with Crippen molar-refractivity contribution in [3.05, 3.63) is 36.4 Å². The molecule has 0 saturated heterocycles. The first kappa shape index (κ1) is 12.8. The van der Waals surface area contributed by atoms with E-state index >= 15 is 0 Å². The van der Waals surface area contributed by atoms with Gasteiger partial charge in [-0.2, -0.15) is 0 Å². The second kappa shape index (κ2) is 6.32. The molecule has 4 N–H and O–H groups in total. The SMILES string of the molecule is C=C(NCCNC)c1cccc(B(O)O)c1. The van der Waals surface area contributed by atoms with E-state index in [1.807, 2.05) is 13.1 Å². The Labute approximate surface area is 96.1 Å². The Kier molecular flexibility index (Phi) is 5.05. The lowest BCUT2D eigenvalue weighted by molar-refractivity contribution is 0.426. The molecule has 0 saturated carbocycles. The average Bonchev–Trinajstić information content (AvgIpc) is 2.29. The van der Waals surface area contributed by atoms with Gasteiger partial charge in [0.1, 0.15) is 0 Å². The Morgan fingerprint density at radius 1 is 1.38 bits per heavy atom. The van der Waals surface area contributed by atoms with Gasteiger partial charge in [0.25, 0.3) is 0 Å². The predicted molar refractivity (Wildman–Crippen MR) is 67.2 cm³/mol. The molecule has 0 radical (unpaired) electrons. The highest BCUT2D eigenvalue weighted by molar-refractivity contribution is 6.58. The second-order valence-corrected chi connectivity index (χ2v) is 3.51. The highest BCUT2D eigenvalue weighted by Gasteiger charge is 2.11. The van der Waals surface area contributed by atoms with Crippen LogP contribution in [0.15, 0.2) is 30.8 Å². The first-order chi connectivity index (χ1) is 7.65. The Morgan fingerprint density at radius 3 is 2.75 bits per heavy atom. The molecule has 0 heterocycles. The van der Waals surface area contributed by atoms with Crippen LogP contribution in [0.25, 0.3) is 5.70 Å². The van der Waals surface area contributed by atoms with Crippen molar-refractivity contribution in [2.24, 2.45) is 0 Å². The summed E-state index contributed by atoms with van der Waals surface area (Å²) in [5.41, 5.74) is 2.11. The van der Waals surface area contributed by atoms with Crippen molar-refractivity contribution in [1.29, 1.82) is 0 Å². The molecule has 0 spiro atoms. The van der Waals surface area contributed by atoms with E-state index in [2.05, 4.69) is 17.2 Å². The second-order valence-electron chi connectivity index (χ2n) is 3.51. The molecular weight excluding hydrogens is 203 g/mol. The van der Waals surface area contributed by atoms with Crippen LogP contribution in [0.1, 0.15) is 5.56 Å². The molecule has 1 rings (SSSR count). The molecule has 86 valence electrons. The topological polar surface area (TPSA) is 64.5 Å². The minimum atomic E-state index is -1.44. The van der Waals surface area contributed by atoms with Crippen LogP contribution in [-0.4, -0.2) is 37.3 Å². The lowest BCUT2D eigenvalue weighted by Crippen LogP contribution is -2.30. The lowest BCUT2D eigenvalue weighted by atomic mass is 9.79. The standard InChI is InChI=1S/C11H17BN2O2/c1-9(14-7-6-13-2)10-4-3-5-11(8-10)12(15)16/h3-5,8,13-16H,1,6-7H2,2H3. The van der Waals surface area contributed by atoms with E-state index in [0.29, 0.717) is 5.46 Å². The summed E-state index contributed by atoms with van der Waals surface area (Å²) in [7, 11) is 0.442. The van der Waals surface area contributed by atoms with E-state index in [1.165, 1.54) is 0 Å². The van der Waals surface area contributed by atoms with Crippen LogP contribution in [0.5, 0.6) is 0 Å². The fraction of sp³-hybridized carbons (Fsp3) is 0.273. The van der Waals surface area contributed by atoms with Gasteiger partial charge in [-0.1, -0.05) is 30.8 Å². The van der Waals surface area contributed by atoms with E-state index < -0.39 is 7.12 Å². The van der Waals surface area contributed by atoms with Gasteiger partial charge in [0.05, 0.1) is 0 Å². The molecule has 0 bridgehead atoms. The van der Waals surface area contributed by atoms with Crippen LogP contribution in [0.3, 0.4) is 0 Å². The van der Waals surface area contributed by atoms with Crippen molar-refractivity contribution in [3.63, 3.8) is 0 Å². The monoisotopic (exact) mass is 220 g/mol. The summed E-state index contributed by atoms with van der Waals surface area (Å²) in [6, 6.07) is 7.02. The van der Waals surface area contributed by atoms with Gasteiger partial charge in [-0.3, -0.25) is 0 Å². The van der Waals surface area contributed by atoms with Crippen LogP contribution in [-0.2, 0) is 0 Å². The van der Waals surface area contributed by atoms with Crippen molar-refractivity contribution < 1.29 is 10.0 Å². The van der Waals surface area contributed by atoms with Gasteiger partial charge >= 0.3 is 7.12 Å². The zero-order chi connectivity index (χ0) is 12.0. The van der Waals surface area contributed by atoms with Gasteiger partial charge in [0.15, 0.2) is 0 Å². The third kappa shape index (κ3) is 3.69. The van der Waals surface area contributed by atoms with Gasteiger partial charge in [0.2, 0.25) is 0 Å². The van der Waals surface area contributed by atoms with Crippen molar-refractivity contribution in [2.75, 3.05) is 20.1 Å². The minimum absolute atomic E-state index is 0.467. The minimum Gasteiger partial charge on any atom is -0.423 e. The summed E-state index contributed by atoms with van der Waals surface area (Å²) < 4.78 is 0. The van der Waals surface area contributed by atoms with Crippen LogP contribution < -0.4 is 16.1 Å². The third-order valence-electron chi connectivity index (χ3n) is 2.25.